The van der Waals surface area contributed by atoms with Gasteiger partial charge in [0.15, 0.2) is 0 Å². The van der Waals surface area contributed by atoms with Crippen molar-refractivity contribution in [2.45, 2.75) is 33.6 Å². The molecular weight excluding hydrogens is 190 g/mol. The minimum Gasteiger partial charge on any atom is -0.379 e. The van der Waals surface area contributed by atoms with Crippen LogP contribution in [0.1, 0.15) is 33.6 Å². The molecule has 3 nitrogen and oxygen atoms in total. The summed E-state index contributed by atoms with van der Waals surface area (Å²) in [6.45, 7) is 8.06. The zero-order valence-electron chi connectivity index (χ0n) is 10.4. The number of carbonyl (C=O) groups excluding carboxylic acids is 1. The van der Waals surface area contributed by atoms with Crippen LogP contribution >= 0.6 is 0 Å². The van der Waals surface area contributed by atoms with E-state index in [0.717, 1.165) is 12.5 Å². The van der Waals surface area contributed by atoms with Gasteiger partial charge in [0.1, 0.15) is 0 Å². The minimum atomic E-state index is -0.286. The largest absolute Gasteiger partial charge is 0.379 e. The molecular formula is C12H23NO2. The smallest absolute Gasteiger partial charge is 0.227 e. The zero-order chi connectivity index (χ0) is 11.5. The first-order valence-corrected chi connectivity index (χ1v) is 5.74. The van der Waals surface area contributed by atoms with E-state index < -0.39 is 0 Å². The number of hydrogen-bond acceptors (Lipinski definition) is 2. The first-order chi connectivity index (χ1) is 6.91. The Hall–Kier alpha value is -0.570. The fraction of sp³-hybridized carbons (Fsp3) is 0.917. The van der Waals surface area contributed by atoms with Crippen LogP contribution in [-0.4, -0.2) is 37.6 Å². The highest BCUT2D eigenvalue weighted by Gasteiger charge is 2.25. The number of rotatable bonds is 5. The number of nitrogens with zero attached hydrogens (tertiary/aromatic N) is 1. The molecule has 1 amide bonds. The van der Waals surface area contributed by atoms with Gasteiger partial charge < -0.3 is 9.64 Å². The summed E-state index contributed by atoms with van der Waals surface area (Å²) in [4.78, 5) is 13.5. The summed E-state index contributed by atoms with van der Waals surface area (Å²) in [7, 11) is 1.84. The maximum absolute atomic E-state index is 11.8. The van der Waals surface area contributed by atoms with Crippen LogP contribution in [-0.2, 0) is 9.53 Å². The summed E-state index contributed by atoms with van der Waals surface area (Å²) < 4.78 is 5.50. The van der Waals surface area contributed by atoms with Crippen LogP contribution < -0.4 is 0 Å². The van der Waals surface area contributed by atoms with E-state index in [9.17, 15) is 4.79 Å². The Morgan fingerprint density at radius 2 is 2.00 bits per heavy atom. The molecule has 0 spiro atoms. The molecule has 0 aromatic heterocycles. The lowest BCUT2D eigenvalue weighted by Gasteiger charge is -2.25. The molecule has 1 aliphatic carbocycles. The van der Waals surface area contributed by atoms with Gasteiger partial charge in [-0.15, -0.1) is 0 Å². The topological polar surface area (TPSA) is 29.5 Å². The summed E-state index contributed by atoms with van der Waals surface area (Å²) >= 11 is 0. The van der Waals surface area contributed by atoms with Crippen LogP contribution in [0.15, 0.2) is 0 Å². The Labute approximate surface area is 92.8 Å². The SMILES string of the molecule is CN(CCOCC1CC1)C(=O)C(C)(C)C. The Kier molecular flexibility index (Phi) is 4.14. The predicted octanol–water partition coefficient (Wildman–Crippen LogP) is 1.92. The summed E-state index contributed by atoms with van der Waals surface area (Å²) in [5.74, 6) is 0.978. The Balaban J connectivity index is 2.11. The number of ether oxygens (including phenoxy) is 1. The molecule has 0 radical (unpaired) electrons. The van der Waals surface area contributed by atoms with Gasteiger partial charge in [-0.2, -0.15) is 0 Å². The standard InChI is InChI=1S/C12H23NO2/c1-12(2,3)11(14)13(4)7-8-15-9-10-5-6-10/h10H,5-9H2,1-4H3. The quantitative estimate of drug-likeness (QED) is 0.653. The van der Waals surface area contributed by atoms with E-state index in [-0.39, 0.29) is 11.3 Å². The molecule has 0 heterocycles. The van der Waals surface area contributed by atoms with E-state index >= 15 is 0 Å². The lowest BCUT2D eigenvalue weighted by molar-refractivity contribution is -0.138. The van der Waals surface area contributed by atoms with Gasteiger partial charge in [-0.1, -0.05) is 20.8 Å². The molecule has 3 heteroatoms. The second-order valence-electron chi connectivity index (χ2n) is 5.49. The van der Waals surface area contributed by atoms with Crippen molar-refractivity contribution in [3.8, 4) is 0 Å². The van der Waals surface area contributed by atoms with E-state index in [2.05, 4.69) is 0 Å². The van der Waals surface area contributed by atoms with Gasteiger partial charge in [-0.25, -0.2) is 0 Å². The van der Waals surface area contributed by atoms with Crippen LogP contribution in [0.25, 0.3) is 0 Å². The van der Waals surface area contributed by atoms with Crippen molar-refractivity contribution < 1.29 is 9.53 Å². The monoisotopic (exact) mass is 213 g/mol. The molecule has 0 atom stereocenters. The van der Waals surface area contributed by atoms with Crippen molar-refractivity contribution in [3.05, 3.63) is 0 Å². The van der Waals surface area contributed by atoms with E-state index in [4.69, 9.17) is 4.74 Å². The number of hydrogen-bond donors (Lipinski definition) is 0. The third-order valence-corrected chi connectivity index (χ3v) is 2.61. The highest BCUT2D eigenvalue weighted by molar-refractivity contribution is 5.81. The van der Waals surface area contributed by atoms with Crippen LogP contribution in [0.4, 0.5) is 0 Å². The molecule has 1 saturated carbocycles. The van der Waals surface area contributed by atoms with Gasteiger partial charge >= 0.3 is 0 Å². The summed E-state index contributed by atoms with van der Waals surface area (Å²) in [6, 6.07) is 0. The highest BCUT2D eigenvalue weighted by Crippen LogP contribution is 2.28. The zero-order valence-corrected chi connectivity index (χ0v) is 10.4. The van der Waals surface area contributed by atoms with Crippen molar-refractivity contribution in [2.75, 3.05) is 26.8 Å². The maximum atomic E-state index is 11.8. The van der Waals surface area contributed by atoms with E-state index in [1.807, 2.05) is 27.8 Å². The molecule has 0 aliphatic heterocycles. The molecule has 88 valence electrons. The number of likely N-dealkylation sites (N-methyl/N-ethyl adjacent to an activating group) is 1. The van der Waals surface area contributed by atoms with Crippen LogP contribution in [0, 0.1) is 11.3 Å². The number of carbonyl (C=O) groups is 1. The van der Waals surface area contributed by atoms with Crippen LogP contribution in [0.2, 0.25) is 0 Å². The first kappa shape index (κ1) is 12.5. The van der Waals surface area contributed by atoms with E-state index in [1.54, 1.807) is 4.90 Å². The van der Waals surface area contributed by atoms with E-state index in [1.165, 1.54) is 12.8 Å². The second kappa shape index (κ2) is 4.97. The third-order valence-electron chi connectivity index (χ3n) is 2.61. The van der Waals surface area contributed by atoms with Crippen molar-refractivity contribution in [1.29, 1.82) is 0 Å². The minimum absolute atomic E-state index is 0.178. The fourth-order valence-electron chi connectivity index (χ4n) is 1.41. The second-order valence-corrected chi connectivity index (χ2v) is 5.49. The Morgan fingerprint density at radius 3 is 2.47 bits per heavy atom. The fourth-order valence-corrected chi connectivity index (χ4v) is 1.41. The van der Waals surface area contributed by atoms with Crippen molar-refractivity contribution in [3.63, 3.8) is 0 Å². The van der Waals surface area contributed by atoms with Crippen LogP contribution in [0.5, 0.6) is 0 Å². The van der Waals surface area contributed by atoms with Crippen LogP contribution in [0.3, 0.4) is 0 Å². The molecule has 1 aliphatic rings. The maximum Gasteiger partial charge on any atom is 0.227 e. The van der Waals surface area contributed by atoms with Crippen molar-refractivity contribution in [1.82, 2.24) is 4.90 Å². The summed E-state index contributed by atoms with van der Waals surface area (Å²) in [6.07, 6.45) is 2.63. The molecule has 0 saturated heterocycles. The van der Waals surface area contributed by atoms with Crippen molar-refractivity contribution >= 4 is 5.91 Å². The normalized spacial score (nSPS) is 16.5. The average molecular weight is 213 g/mol. The Morgan fingerprint density at radius 1 is 1.40 bits per heavy atom. The van der Waals surface area contributed by atoms with Gasteiger partial charge in [0.2, 0.25) is 5.91 Å². The summed E-state index contributed by atoms with van der Waals surface area (Å²) in [5.41, 5.74) is -0.286. The van der Waals surface area contributed by atoms with Gasteiger partial charge in [0, 0.05) is 25.6 Å². The molecule has 0 aromatic rings. The molecule has 15 heavy (non-hydrogen) atoms. The average Bonchev–Trinajstić information content (AvgIpc) is 2.93. The number of amides is 1. The van der Waals surface area contributed by atoms with Gasteiger partial charge in [-0.3, -0.25) is 4.79 Å². The van der Waals surface area contributed by atoms with Gasteiger partial charge in [0.25, 0.3) is 0 Å². The molecule has 0 aromatic carbocycles. The highest BCUT2D eigenvalue weighted by atomic mass is 16.5. The lowest BCUT2D eigenvalue weighted by atomic mass is 9.95. The predicted molar refractivity (Wildman–Crippen MR) is 60.6 cm³/mol. The summed E-state index contributed by atoms with van der Waals surface area (Å²) in [5, 5.41) is 0. The Bertz CT molecular complexity index is 216. The molecule has 1 rings (SSSR count). The lowest BCUT2D eigenvalue weighted by Crippen LogP contribution is -2.38. The molecule has 0 unspecified atom stereocenters. The van der Waals surface area contributed by atoms with Gasteiger partial charge in [0.05, 0.1) is 6.61 Å². The first-order valence-electron chi connectivity index (χ1n) is 5.74. The van der Waals surface area contributed by atoms with E-state index in [0.29, 0.717) is 13.2 Å². The molecule has 0 bridgehead atoms. The molecule has 0 N–H and O–H groups in total. The third kappa shape index (κ3) is 4.65. The van der Waals surface area contributed by atoms with Gasteiger partial charge in [-0.05, 0) is 18.8 Å². The van der Waals surface area contributed by atoms with Crippen molar-refractivity contribution in [2.24, 2.45) is 11.3 Å². The molecule has 1 fully saturated rings.